The van der Waals surface area contributed by atoms with Gasteiger partial charge in [-0.25, -0.2) is 0 Å². The van der Waals surface area contributed by atoms with E-state index in [1.807, 2.05) is 0 Å². The monoisotopic (exact) mass is 293 g/mol. The molecule has 2 heterocycles. The average Bonchev–Trinajstić information content (AvgIpc) is 3.20. The maximum absolute atomic E-state index is 4.85. The number of nitrogens with zero attached hydrogens (tertiary/aromatic N) is 2. The van der Waals surface area contributed by atoms with E-state index in [1.54, 1.807) is 0 Å². The van der Waals surface area contributed by atoms with Gasteiger partial charge in [-0.1, -0.05) is 19.8 Å². The summed E-state index contributed by atoms with van der Waals surface area (Å²) in [4.78, 5) is 0. The predicted molar refractivity (Wildman–Crippen MR) is 86.4 cm³/mol. The van der Waals surface area contributed by atoms with Crippen LogP contribution in [0.5, 0.6) is 0 Å². The minimum Gasteiger partial charge on any atom is -0.313 e. The molecule has 1 aliphatic heterocycles. The minimum absolute atomic E-state index is 0.597. The van der Waals surface area contributed by atoms with Gasteiger partial charge in [0.15, 0.2) is 0 Å². The minimum atomic E-state index is 0.597. The van der Waals surface area contributed by atoms with Gasteiger partial charge in [0.25, 0.3) is 0 Å². The van der Waals surface area contributed by atoms with Crippen molar-refractivity contribution in [2.45, 2.75) is 69.2 Å². The first kappa shape index (κ1) is 14.5. The fourth-order valence-electron chi connectivity index (χ4n) is 3.60. The Morgan fingerprint density at radius 2 is 2.20 bits per heavy atom. The van der Waals surface area contributed by atoms with Crippen LogP contribution in [0, 0.1) is 0 Å². The number of likely N-dealkylation sites (N-methyl/N-ethyl adjacent to an activating group) is 1. The fourth-order valence-corrected chi connectivity index (χ4v) is 5.00. The van der Waals surface area contributed by atoms with Gasteiger partial charge in [-0.05, 0) is 44.0 Å². The maximum Gasteiger partial charge on any atom is 0.0640 e. The van der Waals surface area contributed by atoms with E-state index in [0.717, 1.165) is 18.2 Å². The number of thioether (sulfide) groups is 1. The third-order valence-electron chi connectivity index (χ3n) is 4.67. The van der Waals surface area contributed by atoms with Crippen LogP contribution in [0.15, 0.2) is 12.3 Å². The zero-order valence-corrected chi connectivity index (χ0v) is 13.4. The molecule has 1 aromatic heterocycles. The zero-order valence-electron chi connectivity index (χ0n) is 12.6. The summed E-state index contributed by atoms with van der Waals surface area (Å²) in [6, 6.07) is 3.50. The number of hydrogen-bond donors (Lipinski definition) is 1. The third-order valence-corrected chi connectivity index (χ3v) is 6.19. The lowest BCUT2D eigenvalue weighted by Gasteiger charge is -2.22. The summed E-state index contributed by atoms with van der Waals surface area (Å²) in [7, 11) is 0. The molecule has 0 radical (unpaired) electrons. The highest BCUT2D eigenvalue weighted by Gasteiger charge is 2.26. The van der Waals surface area contributed by atoms with Gasteiger partial charge >= 0.3 is 0 Å². The van der Waals surface area contributed by atoms with Crippen LogP contribution in [0.2, 0.25) is 0 Å². The molecule has 4 heteroatoms. The van der Waals surface area contributed by atoms with Crippen molar-refractivity contribution in [3.05, 3.63) is 18.0 Å². The first-order valence-corrected chi connectivity index (χ1v) is 9.30. The van der Waals surface area contributed by atoms with E-state index in [0.29, 0.717) is 12.1 Å². The standard InChI is InChI=1S/C16H27N3S/c1-2-17-15(16-8-5-11-20-16)12-13-9-10-19(18-13)14-6-3-4-7-14/h9-10,14-17H,2-8,11-12H2,1H3. The Morgan fingerprint density at radius 3 is 2.90 bits per heavy atom. The van der Waals surface area contributed by atoms with Crippen LogP contribution in [-0.2, 0) is 6.42 Å². The summed E-state index contributed by atoms with van der Waals surface area (Å²) in [6.45, 7) is 3.27. The van der Waals surface area contributed by atoms with E-state index in [1.165, 1.54) is 50.0 Å². The molecule has 1 saturated carbocycles. The van der Waals surface area contributed by atoms with E-state index in [9.17, 15) is 0 Å². The molecule has 20 heavy (non-hydrogen) atoms. The van der Waals surface area contributed by atoms with Crippen LogP contribution in [0.1, 0.15) is 57.2 Å². The molecule has 2 aliphatic rings. The van der Waals surface area contributed by atoms with Gasteiger partial charge < -0.3 is 5.32 Å². The quantitative estimate of drug-likeness (QED) is 0.871. The molecule has 3 rings (SSSR count). The van der Waals surface area contributed by atoms with Crippen molar-refractivity contribution in [1.82, 2.24) is 15.1 Å². The van der Waals surface area contributed by atoms with E-state index < -0.39 is 0 Å². The maximum atomic E-state index is 4.85. The Hall–Kier alpha value is -0.480. The number of hydrogen-bond acceptors (Lipinski definition) is 3. The van der Waals surface area contributed by atoms with Crippen molar-refractivity contribution in [2.75, 3.05) is 12.3 Å². The normalized spacial score (nSPS) is 25.4. The molecule has 2 unspecified atom stereocenters. The van der Waals surface area contributed by atoms with Crippen molar-refractivity contribution in [1.29, 1.82) is 0 Å². The lowest BCUT2D eigenvalue weighted by molar-refractivity contribution is 0.451. The highest BCUT2D eigenvalue weighted by atomic mass is 32.2. The van der Waals surface area contributed by atoms with E-state index >= 15 is 0 Å². The molecule has 0 spiro atoms. The van der Waals surface area contributed by atoms with Gasteiger partial charge in [0.05, 0.1) is 11.7 Å². The first-order valence-electron chi connectivity index (χ1n) is 8.26. The second-order valence-electron chi connectivity index (χ2n) is 6.15. The molecule has 1 N–H and O–H groups in total. The molecule has 3 nitrogen and oxygen atoms in total. The van der Waals surface area contributed by atoms with Crippen LogP contribution in [-0.4, -0.2) is 33.4 Å². The van der Waals surface area contributed by atoms with Crippen LogP contribution < -0.4 is 5.32 Å². The fraction of sp³-hybridized carbons (Fsp3) is 0.812. The van der Waals surface area contributed by atoms with E-state index in [-0.39, 0.29) is 0 Å². The lowest BCUT2D eigenvalue weighted by Crippen LogP contribution is -2.39. The number of nitrogens with one attached hydrogen (secondary N) is 1. The molecule has 1 saturated heterocycles. The topological polar surface area (TPSA) is 29.9 Å². The van der Waals surface area contributed by atoms with Crippen LogP contribution in [0.25, 0.3) is 0 Å². The average molecular weight is 293 g/mol. The summed E-state index contributed by atoms with van der Waals surface area (Å²) in [5.74, 6) is 1.34. The summed E-state index contributed by atoms with van der Waals surface area (Å²) >= 11 is 2.14. The summed E-state index contributed by atoms with van der Waals surface area (Å²) < 4.78 is 2.23. The predicted octanol–water partition coefficient (Wildman–Crippen LogP) is 3.41. The van der Waals surface area contributed by atoms with Crippen molar-refractivity contribution in [2.24, 2.45) is 0 Å². The lowest BCUT2D eigenvalue weighted by atomic mass is 10.0. The Morgan fingerprint density at radius 1 is 1.35 bits per heavy atom. The molecule has 0 bridgehead atoms. The van der Waals surface area contributed by atoms with Crippen molar-refractivity contribution < 1.29 is 0 Å². The summed E-state index contributed by atoms with van der Waals surface area (Å²) in [6.07, 6.45) is 11.4. The van der Waals surface area contributed by atoms with Crippen LogP contribution in [0.3, 0.4) is 0 Å². The molecule has 1 aliphatic carbocycles. The highest BCUT2D eigenvalue weighted by molar-refractivity contribution is 8.00. The smallest absolute Gasteiger partial charge is 0.0640 e. The molecule has 0 amide bonds. The van der Waals surface area contributed by atoms with Gasteiger partial charge in [0.2, 0.25) is 0 Å². The Balaban J connectivity index is 1.62. The van der Waals surface area contributed by atoms with Gasteiger partial charge in [-0.3, -0.25) is 4.68 Å². The first-order chi connectivity index (χ1) is 9.86. The van der Waals surface area contributed by atoms with E-state index in [4.69, 9.17) is 5.10 Å². The summed E-state index contributed by atoms with van der Waals surface area (Å²) in [5, 5.41) is 9.32. The molecule has 2 atom stereocenters. The van der Waals surface area contributed by atoms with Crippen molar-refractivity contribution in [3.8, 4) is 0 Å². The second-order valence-corrected chi connectivity index (χ2v) is 7.49. The molecular formula is C16H27N3S. The summed E-state index contributed by atoms with van der Waals surface area (Å²) in [5.41, 5.74) is 1.27. The van der Waals surface area contributed by atoms with Gasteiger partial charge in [0, 0.05) is 23.9 Å². The molecule has 112 valence electrons. The van der Waals surface area contributed by atoms with Gasteiger partial charge in [-0.15, -0.1) is 0 Å². The van der Waals surface area contributed by atoms with Gasteiger partial charge in [0.1, 0.15) is 0 Å². The molecule has 0 aromatic carbocycles. The zero-order chi connectivity index (χ0) is 13.8. The Labute approximate surface area is 126 Å². The van der Waals surface area contributed by atoms with E-state index in [2.05, 4.69) is 40.9 Å². The second kappa shape index (κ2) is 6.99. The van der Waals surface area contributed by atoms with Crippen LogP contribution >= 0.6 is 11.8 Å². The highest BCUT2D eigenvalue weighted by Crippen LogP contribution is 2.31. The largest absolute Gasteiger partial charge is 0.313 e. The number of rotatable bonds is 6. The molecule has 2 fully saturated rings. The van der Waals surface area contributed by atoms with Gasteiger partial charge in [-0.2, -0.15) is 16.9 Å². The van der Waals surface area contributed by atoms with Crippen LogP contribution in [0.4, 0.5) is 0 Å². The third kappa shape index (κ3) is 3.40. The Kier molecular flexibility index (Phi) is 5.05. The Bertz CT molecular complexity index is 406. The van der Waals surface area contributed by atoms with Crippen molar-refractivity contribution >= 4 is 11.8 Å². The molecule has 1 aromatic rings. The number of aromatic nitrogens is 2. The SMILES string of the molecule is CCNC(Cc1ccn(C2CCCC2)n1)C1CCCS1. The van der Waals surface area contributed by atoms with Crippen molar-refractivity contribution in [3.63, 3.8) is 0 Å². The molecular weight excluding hydrogens is 266 g/mol.